The summed E-state index contributed by atoms with van der Waals surface area (Å²) in [5, 5.41) is 0. The molecule has 4 nitrogen and oxygen atoms in total. The second-order valence-corrected chi connectivity index (χ2v) is 3.11. The van der Waals surface area contributed by atoms with Crippen LogP contribution in [0.2, 0.25) is 0 Å². The van der Waals surface area contributed by atoms with Gasteiger partial charge in [0.05, 0.1) is 5.69 Å². The van der Waals surface area contributed by atoms with Crippen molar-refractivity contribution in [3.8, 4) is 0 Å². The van der Waals surface area contributed by atoms with Crippen LogP contribution in [0.4, 0.5) is 0 Å². The van der Waals surface area contributed by atoms with Crippen LogP contribution in [0.15, 0.2) is 18.5 Å². The summed E-state index contributed by atoms with van der Waals surface area (Å²) in [6.45, 7) is 3.53. The summed E-state index contributed by atoms with van der Waals surface area (Å²) >= 11 is 0. The van der Waals surface area contributed by atoms with Gasteiger partial charge in [-0.2, -0.15) is 0 Å². The van der Waals surface area contributed by atoms with E-state index in [-0.39, 0.29) is 5.78 Å². The van der Waals surface area contributed by atoms with Crippen molar-refractivity contribution in [2.45, 2.75) is 20.3 Å². The molecule has 0 atom stereocenters. The van der Waals surface area contributed by atoms with Crippen molar-refractivity contribution >= 4 is 11.6 Å². The second kappa shape index (κ2) is 3.21. The molecule has 0 N–H and O–H groups in total. The molecule has 2 aromatic heterocycles. The first-order chi connectivity index (χ1) is 6.74. The van der Waals surface area contributed by atoms with Gasteiger partial charge in [-0.05, 0) is 12.5 Å². The zero-order valence-corrected chi connectivity index (χ0v) is 8.19. The second-order valence-electron chi connectivity index (χ2n) is 3.11. The van der Waals surface area contributed by atoms with Gasteiger partial charge in [0, 0.05) is 19.3 Å². The molecule has 14 heavy (non-hydrogen) atoms. The maximum absolute atomic E-state index is 11.4. The van der Waals surface area contributed by atoms with Gasteiger partial charge in [-0.1, -0.05) is 6.92 Å². The molecule has 2 heterocycles. The number of ketones is 1. The summed E-state index contributed by atoms with van der Waals surface area (Å²) in [4.78, 5) is 19.8. The van der Waals surface area contributed by atoms with E-state index in [1.807, 2.05) is 13.1 Å². The first-order valence-corrected chi connectivity index (χ1v) is 4.57. The zero-order chi connectivity index (χ0) is 10.1. The molecule has 0 aliphatic heterocycles. The fourth-order valence-corrected chi connectivity index (χ4v) is 1.55. The van der Waals surface area contributed by atoms with Crippen molar-refractivity contribution in [1.29, 1.82) is 0 Å². The predicted molar refractivity (Wildman–Crippen MR) is 52.4 cm³/mol. The Morgan fingerprint density at radius 2 is 2.36 bits per heavy atom. The van der Waals surface area contributed by atoms with Crippen molar-refractivity contribution in [1.82, 2.24) is 14.4 Å². The normalized spacial score (nSPS) is 10.7. The number of Topliss-reactive ketones (excluding diaryl/α,β-unsaturated/α-hetero) is 1. The van der Waals surface area contributed by atoms with Crippen molar-refractivity contribution < 1.29 is 4.79 Å². The SMILES string of the molecule is CCc1nc2ncccn2c1C(C)=O. The first kappa shape index (κ1) is 8.87. The monoisotopic (exact) mass is 189 g/mol. The highest BCUT2D eigenvalue weighted by molar-refractivity contribution is 5.94. The highest BCUT2D eigenvalue weighted by Crippen LogP contribution is 2.11. The standard InChI is InChI=1S/C10H11N3O/c1-3-8-9(7(2)14)13-6-4-5-11-10(13)12-8/h4-6H,3H2,1-2H3. The molecule has 0 saturated carbocycles. The average Bonchev–Trinajstić information content (AvgIpc) is 2.55. The van der Waals surface area contributed by atoms with Gasteiger partial charge in [0.15, 0.2) is 5.78 Å². The molecule has 0 bridgehead atoms. The van der Waals surface area contributed by atoms with Gasteiger partial charge in [0.2, 0.25) is 5.78 Å². The predicted octanol–water partition coefficient (Wildman–Crippen LogP) is 1.49. The zero-order valence-electron chi connectivity index (χ0n) is 8.19. The highest BCUT2D eigenvalue weighted by Gasteiger charge is 2.14. The molecule has 72 valence electrons. The quantitative estimate of drug-likeness (QED) is 0.672. The van der Waals surface area contributed by atoms with Gasteiger partial charge in [-0.3, -0.25) is 9.20 Å². The molecule has 0 unspecified atom stereocenters. The number of carbonyl (C=O) groups excluding carboxylic acids is 1. The number of nitrogens with zero attached hydrogens (tertiary/aromatic N) is 3. The molecule has 4 heteroatoms. The number of imidazole rings is 1. The minimum Gasteiger partial charge on any atom is -0.293 e. The van der Waals surface area contributed by atoms with E-state index in [4.69, 9.17) is 0 Å². The third-order valence-corrected chi connectivity index (χ3v) is 2.14. The Bertz CT molecular complexity index is 487. The van der Waals surface area contributed by atoms with Crippen molar-refractivity contribution in [3.63, 3.8) is 0 Å². The van der Waals surface area contributed by atoms with Crippen LogP contribution >= 0.6 is 0 Å². The van der Waals surface area contributed by atoms with E-state index in [1.165, 1.54) is 0 Å². The third-order valence-electron chi connectivity index (χ3n) is 2.14. The Morgan fingerprint density at radius 1 is 1.57 bits per heavy atom. The summed E-state index contributed by atoms with van der Waals surface area (Å²) < 4.78 is 1.74. The number of aryl methyl sites for hydroxylation is 1. The summed E-state index contributed by atoms with van der Waals surface area (Å²) in [7, 11) is 0. The van der Waals surface area contributed by atoms with Gasteiger partial charge in [0.1, 0.15) is 5.69 Å². The Hall–Kier alpha value is -1.71. The minimum atomic E-state index is 0.0300. The highest BCUT2D eigenvalue weighted by atomic mass is 16.1. The van der Waals surface area contributed by atoms with Crippen LogP contribution in [0.5, 0.6) is 0 Å². The van der Waals surface area contributed by atoms with Crippen LogP contribution in [-0.4, -0.2) is 20.2 Å². The smallest absolute Gasteiger partial charge is 0.234 e. The van der Waals surface area contributed by atoms with Gasteiger partial charge in [-0.25, -0.2) is 9.97 Å². The lowest BCUT2D eigenvalue weighted by Crippen LogP contribution is -2.01. The van der Waals surface area contributed by atoms with Crippen LogP contribution < -0.4 is 0 Å². The van der Waals surface area contributed by atoms with E-state index in [0.29, 0.717) is 11.5 Å². The fraction of sp³-hybridized carbons (Fsp3) is 0.300. The third kappa shape index (κ3) is 1.19. The molecular weight excluding hydrogens is 178 g/mol. The molecule has 2 aromatic rings. The number of hydrogen-bond donors (Lipinski definition) is 0. The fourth-order valence-electron chi connectivity index (χ4n) is 1.55. The van der Waals surface area contributed by atoms with E-state index < -0.39 is 0 Å². The summed E-state index contributed by atoms with van der Waals surface area (Å²) in [6.07, 6.45) is 4.23. The summed E-state index contributed by atoms with van der Waals surface area (Å²) in [6, 6.07) is 1.79. The average molecular weight is 189 g/mol. The van der Waals surface area contributed by atoms with Crippen LogP contribution in [0.1, 0.15) is 30.0 Å². The molecule has 0 aromatic carbocycles. The van der Waals surface area contributed by atoms with E-state index in [2.05, 4.69) is 9.97 Å². The van der Waals surface area contributed by atoms with Gasteiger partial charge < -0.3 is 0 Å². The van der Waals surface area contributed by atoms with E-state index in [9.17, 15) is 4.79 Å². The lowest BCUT2D eigenvalue weighted by molar-refractivity contribution is 0.101. The van der Waals surface area contributed by atoms with Crippen LogP contribution in [0, 0.1) is 0 Å². The molecule has 0 spiro atoms. The molecule has 0 amide bonds. The molecule has 0 fully saturated rings. The Balaban J connectivity index is 2.81. The molecular formula is C10H11N3O. The summed E-state index contributed by atoms with van der Waals surface area (Å²) in [5.41, 5.74) is 1.46. The topological polar surface area (TPSA) is 47.3 Å². The molecule has 0 saturated heterocycles. The maximum atomic E-state index is 11.4. The maximum Gasteiger partial charge on any atom is 0.234 e. The Morgan fingerprint density at radius 3 is 3.00 bits per heavy atom. The largest absolute Gasteiger partial charge is 0.293 e. The number of rotatable bonds is 2. The van der Waals surface area contributed by atoms with Crippen LogP contribution in [0.3, 0.4) is 0 Å². The molecule has 0 aliphatic carbocycles. The van der Waals surface area contributed by atoms with Crippen LogP contribution in [-0.2, 0) is 6.42 Å². The van der Waals surface area contributed by atoms with Crippen molar-refractivity contribution in [3.05, 3.63) is 29.8 Å². The number of fused-ring (bicyclic) bond motifs is 1. The summed E-state index contributed by atoms with van der Waals surface area (Å²) in [5.74, 6) is 0.622. The van der Waals surface area contributed by atoms with Gasteiger partial charge in [0.25, 0.3) is 0 Å². The molecule has 2 rings (SSSR count). The first-order valence-electron chi connectivity index (χ1n) is 4.57. The Kier molecular flexibility index (Phi) is 2.04. The van der Waals surface area contributed by atoms with Crippen molar-refractivity contribution in [2.24, 2.45) is 0 Å². The van der Waals surface area contributed by atoms with E-state index >= 15 is 0 Å². The Labute approximate surface area is 81.6 Å². The van der Waals surface area contributed by atoms with Crippen LogP contribution in [0.25, 0.3) is 5.78 Å². The minimum absolute atomic E-state index is 0.0300. The van der Waals surface area contributed by atoms with E-state index in [1.54, 1.807) is 23.6 Å². The van der Waals surface area contributed by atoms with Crippen molar-refractivity contribution in [2.75, 3.05) is 0 Å². The molecule has 0 aliphatic rings. The lowest BCUT2D eigenvalue weighted by Gasteiger charge is -1.97. The lowest BCUT2D eigenvalue weighted by atomic mass is 10.2. The van der Waals surface area contributed by atoms with E-state index in [0.717, 1.165) is 12.1 Å². The number of carbonyl (C=O) groups is 1. The van der Waals surface area contributed by atoms with Gasteiger partial charge in [-0.15, -0.1) is 0 Å². The molecule has 0 radical (unpaired) electrons. The number of hydrogen-bond acceptors (Lipinski definition) is 3. The van der Waals surface area contributed by atoms with Gasteiger partial charge >= 0.3 is 0 Å². The number of aromatic nitrogens is 3.